The van der Waals surface area contributed by atoms with Crippen LogP contribution in [0.5, 0.6) is 5.75 Å². The quantitative estimate of drug-likeness (QED) is 0.747. The molecule has 3 amide bonds. The highest BCUT2D eigenvalue weighted by Gasteiger charge is 2.16. The number of nitrogens with two attached hydrogens (primary N) is 2. The lowest BCUT2D eigenvalue weighted by Crippen LogP contribution is -2.22. The van der Waals surface area contributed by atoms with E-state index >= 15 is 0 Å². The summed E-state index contributed by atoms with van der Waals surface area (Å²) in [6.07, 6.45) is 2.40. The Morgan fingerprint density at radius 3 is 2.65 bits per heavy atom. The first-order valence-electron chi connectivity index (χ1n) is 7.12. The molecule has 0 atom stereocenters. The second-order valence-corrected chi connectivity index (χ2v) is 4.99. The first kappa shape index (κ1) is 16.3. The van der Waals surface area contributed by atoms with Crippen molar-refractivity contribution in [3.05, 3.63) is 35.7 Å². The summed E-state index contributed by atoms with van der Waals surface area (Å²) in [4.78, 5) is 22.4. The number of carbonyl (C=O) groups excluding carboxylic acids is 2. The molecule has 0 bridgehead atoms. The average molecular weight is 317 g/mol. The number of hydrogen-bond acceptors (Lipinski definition) is 4. The van der Waals surface area contributed by atoms with E-state index in [2.05, 4.69) is 10.4 Å². The number of urea groups is 1. The minimum absolute atomic E-state index is 0.0623. The van der Waals surface area contributed by atoms with Gasteiger partial charge in [-0.15, -0.1) is 0 Å². The third-order valence-electron chi connectivity index (χ3n) is 3.09. The number of nitrogens with zero attached hydrogens (tertiary/aromatic N) is 2. The average Bonchev–Trinajstić information content (AvgIpc) is 2.89. The molecule has 1 aromatic carbocycles. The molecule has 0 radical (unpaired) electrons. The fraction of sp³-hybridized carbons (Fsp3) is 0.267. The maximum absolute atomic E-state index is 11.4. The zero-order valence-corrected chi connectivity index (χ0v) is 13.0. The fourth-order valence-corrected chi connectivity index (χ4v) is 2.06. The van der Waals surface area contributed by atoms with Gasteiger partial charge in [-0.2, -0.15) is 5.10 Å². The van der Waals surface area contributed by atoms with Crippen LogP contribution < -0.4 is 21.5 Å². The normalized spacial score (nSPS) is 10.3. The van der Waals surface area contributed by atoms with Crippen molar-refractivity contribution in [3.63, 3.8) is 0 Å². The zero-order valence-electron chi connectivity index (χ0n) is 13.0. The number of benzene rings is 1. The maximum Gasteiger partial charge on any atom is 0.316 e. The van der Waals surface area contributed by atoms with E-state index in [0.29, 0.717) is 12.3 Å². The molecule has 23 heavy (non-hydrogen) atoms. The summed E-state index contributed by atoms with van der Waals surface area (Å²) in [6, 6.07) is 4.68. The van der Waals surface area contributed by atoms with E-state index < -0.39 is 11.9 Å². The van der Waals surface area contributed by atoms with Crippen LogP contribution in [0.2, 0.25) is 0 Å². The summed E-state index contributed by atoms with van der Waals surface area (Å²) in [5.74, 6) is 0.0282. The van der Waals surface area contributed by atoms with E-state index in [1.54, 1.807) is 6.07 Å². The molecule has 0 aliphatic carbocycles. The number of primary amides is 2. The van der Waals surface area contributed by atoms with Gasteiger partial charge in [0.1, 0.15) is 5.75 Å². The third-order valence-corrected chi connectivity index (χ3v) is 3.09. The van der Waals surface area contributed by atoms with Crippen molar-refractivity contribution in [2.75, 3.05) is 11.9 Å². The van der Waals surface area contributed by atoms with Crippen molar-refractivity contribution in [1.29, 1.82) is 0 Å². The summed E-state index contributed by atoms with van der Waals surface area (Å²) >= 11 is 0. The highest BCUT2D eigenvalue weighted by molar-refractivity contribution is 6.00. The van der Waals surface area contributed by atoms with Gasteiger partial charge >= 0.3 is 6.03 Å². The molecule has 0 unspecified atom stereocenters. The molecule has 0 aliphatic rings. The fourth-order valence-electron chi connectivity index (χ4n) is 2.06. The van der Waals surface area contributed by atoms with Gasteiger partial charge in [0.15, 0.2) is 5.69 Å². The van der Waals surface area contributed by atoms with Gasteiger partial charge < -0.3 is 21.5 Å². The van der Waals surface area contributed by atoms with Crippen molar-refractivity contribution in [2.24, 2.45) is 11.5 Å². The van der Waals surface area contributed by atoms with Crippen LogP contribution in [0.1, 0.15) is 29.4 Å². The van der Waals surface area contributed by atoms with Gasteiger partial charge in [-0.1, -0.05) is 6.92 Å². The zero-order chi connectivity index (χ0) is 17.0. The number of nitrogens with one attached hydrogen (secondary N) is 1. The predicted octanol–water partition coefficient (Wildman–Crippen LogP) is 1.56. The molecule has 0 aliphatic heterocycles. The van der Waals surface area contributed by atoms with Crippen LogP contribution in [0, 0.1) is 6.92 Å². The highest BCUT2D eigenvalue weighted by Crippen LogP contribution is 2.23. The summed E-state index contributed by atoms with van der Waals surface area (Å²) in [5, 5.41) is 6.43. The monoisotopic (exact) mass is 317 g/mol. The van der Waals surface area contributed by atoms with Gasteiger partial charge in [-0.25, -0.2) is 9.48 Å². The van der Waals surface area contributed by atoms with E-state index in [-0.39, 0.29) is 11.4 Å². The van der Waals surface area contributed by atoms with Gasteiger partial charge in [0.25, 0.3) is 5.91 Å². The number of ether oxygens (including phenoxy) is 1. The topological polar surface area (TPSA) is 125 Å². The number of anilines is 1. The Labute approximate surface area is 133 Å². The Balaban J connectivity index is 2.36. The van der Waals surface area contributed by atoms with Crippen LogP contribution in [0.25, 0.3) is 5.69 Å². The van der Waals surface area contributed by atoms with Crippen LogP contribution in [-0.2, 0) is 0 Å². The minimum Gasteiger partial charge on any atom is -0.493 e. The maximum atomic E-state index is 11.4. The van der Waals surface area contributed by atoms with Crippen LogP contribution in [-0.4, -0.2) is 28.3 Å². The summed E-state index contributed by atoms with van der Waals surface area (Å²) in [6.45, 7) is 4.59. The van der Waals surface area contributed by atoms with Gasteiger partial charge in [0.05, 0.1) is 24.2 Å². The summed E-state index contributed by atoms with van der Waals surface area (Å²) < 4.78 is 7.07. The van der Waals surface area contributed by atoms with Gasteiger partial charge in [0, 0.05) is 0 Å². The molecular formula is C15H19N5O3. The molecule has 122 valence electrons. The molecule has 0 saturated heterocycles. The number of aromatic nitrogens is 2. The molecule has 1 heterocycles. The van der Waals surface area contributed by atoms with Gasteiger partial charge in [0.2, 0.25) is 0 Å². The number of aryl methyl sites for hydroxylation is 1. The lowest BCUT2D eigenvalue weighted by molar-refractivity contribution is 0.0996. The van der Waals surface area contributed by atoms with E-state index in [9.17, 15) is 9.59 Å². The minimum atomic E-state index is -0.799. The Bertz CT molecular complexity index is 739. The molecule has 8 heteroatoms. The van der Waals surface area contributed by atoms with Crippen molar-refractivity contribution in [2.45, 2.75) is 20.3 Å². The van der Waals surface area contributed by atoms with Crippen LogP contribution in [0.3, 0.4) is 0 Å². The predicted molar refractivity (Wildman–Crippen MR) is 85.8 cm³/mol. The molecule has 0 saturated carbocycles. The summed E-state index contributed by atoms with van der Waals surface area (Å²) in [5.41, 5.74) is 12.1. The Hall–Kier alpha value is -3.03. The molecular weight excluding hydrogens is 298 g/mol. The molecule has 8 nitrogen and oxygen atoms in total. The number of carbonyl (C=O) groups is 2. The highest BCUT2D eigenvalue weighted by atomic mass is 16.5. The smallest absolute Gasteiger partial charge is 0.316 e. The van der Waals surface area contributed by atoms with Gasteiger partial charge in [-0.05, 0) is 37.1 Å². The molecule has 5 N–H and O–H groups in total. The number of hydrogen-bond donors (Lipinski definition) is 3. The SMILES string of the molecule is CCCOc1ccc(-n2cc(NC(N)=O)c(C(N)=O)n2)cc1C. The van der Waals surface area contributed by atoms with Crippen molar-refractivity contribution in [1.82, 2.24) is 9.78 Å². The molecule has 2 rings (SSSR count). The summed E-state index contributed by atoms with van der Waals surface area (Å²) in [7, 11) is 0. The van der Waals surface area contributed by atoms with Crippen LogP contribution in [0.15, 0.2) is 24.4 Å². The van der Waals surface area contributed by atoms with Gasteiger partial charge in [-0.3, -0.25) is 4.79 Å². The molecule has 1 aromatic heterocycles. The van der Waals surface area contributed by atoms with E-state index in [1.807, 2.05) is 26.0 Å². The van der Waals surface area contributed by atoms with Crippen LogP contribution in [0.4, 0.5) is 10.5 Å². The second kappa shape index (κ2) is 6.82. The molecule has 2 aromatic rings. The second-order valence-electron chi connectivity index (χ2n) is 4.99. The molecule has 0 fully saturated rings. The molecule has 0 spiro atoms. The van der Waals surface area contributed by atoms with Crippen molar-refractivity contribution < 1.29 is 14.3 Å². The van der Waals surface area contributed by atoms with Crippen molar-refractivity contribution in [3.8, 4) is 11.4 Å². The van der Waals surface area contributed by atoms with Crippen LogP contribution >= 0.6 is 0 Å². The standard InChI is InChI=1S/C15H19N5O3/c1-3-6-23-12-5-4-10(7-9(12)2)20-8-11(18-15(17)22)13(19-20)14(16)21/h4-5,7-8H,3,6H2,1-2H3,(H2,16,21)(H3,17,18,22). The largest absolute Gasteiger partial charge is 0.493 e. The van der Waals surface area contributed by atoms with E-state index in [1.165, 1.54) is 10.9 Å². The number of rotatable bonds is 6. The first-order chi connectivity index (χ1) is 10.9. The third kappa shape index (κ3) is 3.79. The Kier molecular flexibility index (Phi) is 4.85. The lowest BCUT2D eigenvalue weighted by atomic mass is 10.2. The van der Waals surface area contributed by atoms with Crippen molar-refractivity contribution >= 4 is 17.6 Å². The van der Waals surface area contributed by atoms with E-state index in [0.717, 1.165) is 17.7 Å². The Morgan fingerprint density at radius 1 is 1.35 bits per heavy atom. The van der Waals surface area contributed by atoms with E-state index in [4.69, 9.17) is 16.2 Å². The lowest BCUT2D eigenvalue weighted by Gasteiger charge is -2.09. The first-order valence-corrected chi connectivity index (χ1v) is 7.12. The Morgan fingerprint density at radius 2 is 2.09 bits per heavy atom. The number of amides is 3.